The largest absolute Gasteiger partial charge is 0.316 e. The summed E-state index contributed by atoms with van der Waals surface area (Å²) in [5.74, 6) is 1.81. The Balaban J connectivity index is 1.81. The van der Waals surface area contributed by atoms with Gasteiger partial charge in [0.15, 0.2) is 0 Å². The molecule has 3 atom stereocenters. The average Bonchev–Trinajstić information content (AvgIpc) is 2.33. The Hall–Kier alpha value is -0.120. The molecule has 4 fully saturated rings. The van der Waals surface area contributed by atoms with E-state index in [1.54, 1.807) is 0 Å². The summed E-state index contributed by atoms with van der Waals surface area (Å²) in [6.45, 7) is 7.43. The average molecular weight is 223 g/mol. The fourth-order valence-electron chi connectivity index (χ4n) is 3.93. The van der Waals surface area contributed by atoms with Crippen LogP contribution in [-0.2, 0) is 0 Å². The molecule has 0 spiro atoms. The van der Waals surface area contributed by atoms with E-state index in [9.17, 15) is 0 Å². The zero-order chi connectivity index (χ0) is 11.0. The zero-order valence-electron chi connectivity index (χ0n) is 10.4. The van der Waals surface area contributed by atoms with Gasteiger partial charge in [-0.15, -0.1) is 0 Å². The minimum absolute atomic E-state index is 0.589. The summed E-state index contributed by atoms with van der Waals surface area (Å²) in [6.07, 6.45) is 6.08. The van der Waals surface area contributed by atoms with Crippen molar-refractivity contribution >= 4 is 0 Å². The van der Waals surface area contributed by atoms with E-state index in [4.69, 9.17) is 0 Å². The first-order chi connectivity index (χ1) is 7.81. The SMILES string of the molecule is CC1CCCNC2CCC1(C1CNC1)CN2. The quantitative estimate of drug-likeness (QED) is 0.619. The van der Waals surface area contributed by atoms with Gasteiger partial charge in [0, 0.05) is 6.54 Å². The predicted octanol–water partition coefficient (Wildman–Crippen LogP) is 0.921. The minimum Gasteiger partial charge on any atom is -0.316 e. The molecule has 3 heteroatoms. The number of hydrogen-bond donors (Lipinski definition) is 3. The minimum atomic E-state index is 0.589. The third-order valence-corrected chi connectivity index (χ3v) is 5.36. The predicted molar refractivity (Wildman–Crippen MR) is 66.2 cm³/mol. The van der Waals surface area contributed by atoms with Gasteiger partial charge in [-0.3, -0.25) is 0 Å². The Labute approximate surface area is 98.8 Å². The van der Waals surface area contributed by atoms with Gasteiger partial charge >= 0.3 is 0 Å². The van der Waals surface area contributed by atoms with Crippen LogP contribution in [0.2, 0.25) is 0 Å². The number of piperidine rings is 1. The number of fused-ring (bicyclic) bond motifs is 6. The van der Waals surface area contributed by atoms with Crippen LogP contribution in [0.25, 0.3) is 0 Å². The third-order valence-electron chi connectivity index (χ3n) is 5.36. The van der Waals surface area contributed by atoms with Gasteiger partial charge in [-0.1, -0.05) is 6.92 Å². The number of hydrogen-bond acceptors (Lipinski definition) is 3. The Bertz CT molecular complexity index is 242. The topological polar surface area (TPSA) is 36.1 Å². The van der Waals surface area contributed by atoms with E-state index < -0.39 is 0 Å². The highest BCUT2D eigenvalue weighted by Gasteiger charge is 2.47. The molecule has 3 unspecified atom stereocenters. The zero-order valence-corrected chi connectivity index (χ0v) is 10.4. The summed E-state index contributed by atoms with van der Waals surface area (Å²) < 4.78 is 0. The van der Waals surface area contributed by atoms with Crippen LogP contribution in [0.4, 0.5) is 0 Å². The second-order valence-corrected chi connectivity index (χ2v) is 6.06. The first-order valence-corrected chi connectivity index (χ1v) is 6.99. The van der Waals surface area contributed by atoms with Crippen molar-refractivity contribution in [3.63, 3.8) is 0 Å². The van der Waals surface area contributed by atoms with Gasteiger partial charge in [-0.05, 0) is 62.6 Å². The van der Waals surface area contributed by atoms with Crippen molar-refractivity contribution in [3.05, 3.63) is 0 Å². The Kier molecular flexibility index (Phi) is 2.94. The Morgan fingerprint density at radius 2 is 2.00 bits per heavy atom. The van der Waals surface area contributed by atoms with Gasteiger partial charge in [0.05, 0.1) is 6.17 Å². The fourth-order valence-corrected chi connectivity index (χ4v) is 3.93. The van der Waals surface area contributed by atoms with Gasteiger partial charge < -0.3 is 16.0 Å². The van der Waals surface area contributed by atoms with Gasteiger partial charge in [-0.2, -0.15) is 0 Å². The molecule has 4 aliphatic rings. The maximum Gasteiger partial charge on any atom is 0.0572 e. The second kappa shape index (κ2) is 4.28. The smallest absolute Gasteiger partial charge is 0.0572 e. The maximum atomic E-state index is 3.74. The maximum absolute atomic E-state index is 3.74. The van der Waals surface area contributed by atoms with Crippen LogP contribution in [0, 0.1) is 17.3 Å². The standard InChI is InChI=1S/C13H25N3/c1-10-3-2-6-15-12-4-5-13(10,9-16-12)11-7-14-8-11/h10-12,14-16H,2-9H2,1H3. The summed E-state index contributed by atoms with van der Waals surface area (Å²) in [5, 5.41) is 10.8. The molecular formula is C13H25N3. The first kappa shape index (κ1) is 11.0. The van der Waals surface area contributed by atoms with Gasteiger partial charge in [0.25, 0.3) is 0 Å². The molecule has 4 rings (SSSR count). The van der Waals surface area contributed by atoms with Gasteiger partial charge in [-0.25, -0.2) is 0 Å². The molecule has 0 radical (unpaired) electrons. The molecule has 4 saturated heterocycles. The van der Waals surface area contributed by atoms with Crippen LogP contribution in [0.1, 0.15) is 32.6 Å². The molecule has 0 saturated carbocycles. The van der Waals surface area contributed by atoms with Crippen molar-refractivity contribution in [2.75, 3.05) is 26.2 Å². The molecule has 0 aromatic rings. The summed E-state index contributed by atoms with van der Waals surface area (Å²) in [6, 6.07) is 0. The highest BCUT2D eigenvalue weighted by Crippen LogP contribution is 2.46. The summed E-state index contributed by atoms with van der Waals surface area (Å²) in [4.78, 5) is 0. The molecule has 0 aromatic heterocycles. The van der Waals surface area contributed by atoms with E-state index in [-0.39, 0.29) is 0 Å². The van der Waals surface area contributed by atoms with Crippen molar-refractivity contribution in [1.29, 1.82) is 0 Å². The van der Waals surface area contributed by atoms with Crippen LogP contribution in [0.3, 0.4) is 0 Å². The van der Waals surface area contributed by atoms with Crippen molar-refractivity contribution in [1.82, 2.24) is 16.0 Å². The first-order valence-electron chi connectivity index (χ1n) is 6.99. The van der Waals surface area contributed by atoms with Crippen LogP contribution in [0.5, 0.6) is 0 Å². The third kappa shape index (κ3) is 1.69. The van der Waals surface area contributed by atoms with Crippen LogP contribution in [0.15, 0.2) is 0 Å². The fraction of sp³-hybridized carbons (Fsp3) is 1.00. The Morgan fingerprint density at radius 1 is 1.12 bits per heavy atom. The summed E-state index contributed by atoms with van der Waals surface area (Å²) >= 11 is 0. The molecule has 2 bridgehead atoms. The normalized spacial score (nSPS) is 45.6. The summed E-state index contributed by atoms with van der Waals surface area (Å²) in [5.41, 5.74) is 0.591. The van der Waals surface area contributed by atoms with Gasteiger partial charge in [0.2, 0.25) is 0 Å². The van der Waals surface area contributed by atoms with E-state index in [2.05, 4.69) is 22.9 Å². The molecule has 3 nitrogen and oxygen atoms in total. The van der Waals surface area contributed by atoms with Crippen LogP contribution < -0.4 is 16.0 Å². The molecule has 4 heterocycles. The van der Waals surface area contributed by atoms with E-state index in [1.165, 1.54) is 51.9 Å². The van der Waals surface area contributed by atoms with E-state index in [0.29, 0.717) is 11.6 Å². The van der Waals surface area contributed by atoms with Crippen molar-refractivity contribution < 1.29 is 0 Å². The molecule has 3 N–H and O–H groups in total. The molecule has 0 aliphatic carbocycles. The van der Waals surface area contributed by atoms with E-state index in [1.807, 2.05) is 0 Å². The van der Waals surface area contributed by atoms with E-state index >= 15 is 0 Å². The van der Waals surface area contributed by atoms with Crippen molar-refractivity contribution in [2.24, 2.45) is 17.3 Å². The lowest BCUT2D eigenvalue weighted by Gasteiger charge is -2.52. The van der Waals surface area contributed by atoms with Crippen molar-refractivity contribution in [2.45, 2.75) is 38.8 Å². The number of nitrogens with one attached hydrogen (secondary N) is 3. The van der Waals surface area contributed by atoms with Crippen LogP contribution >= 0.6 is 0 Å². The van der Waals surface area contributed by atoms with Gasteiger partial charge in [0.1, 0.15) is 0 Å². The molecule has 0 aromatic carbocycles. The van der Waals surface area contributed by atoms with Crippen molar-refractivity contribution in [3.8, 4) is 0 Å². The molecular weight excluding hydrogens is 198 g/mol. The molecule has 16 heavy (non-hydrogen) atoms. The molecule has 4 aliphatic heterocycles. The second-order valence-electron chi connectivity index (χ2n) is 6.06. The number of rotatable bonds is 1. The monoisotopic (exact) mass is 223 g/mol. The highest BCUT2D eigenvalue weighted by atomic mass is 15.1. The highest BCUT2D eigenvalue weighted by molar-refractivity contribution is 5.01. The summed E-state index contributed by atoms with van der Waals surface area (Å²) in [7, 11) is 0. The lowest BCUT2D eigenvalue weighted by molar-refractivity contribution is 0.00464. The molecule has 92 valence electrons. The van der Waals surface area contributed by atoms with E-state index in [0.717, 1.165) is 11.8 Å². The lowest BCUT2D eigenvalue weighted by Crippen LogP contribution is -2.62. The Morgan fingerprint density at radius 3 is 2.62 bits per heavy atom. The molecule has 0 amide bonds. The van der Waals surface area contributed by atoms with Crippen LogP contribution in [-0.4, -0.2) is 32.3 Å². The lowest BCUT2D eigenvalue weighted by atomic mass is 9.60.